The Kier molecular flexibility index (Phi) is 5.93. The zero-order valence-electron chi connectivity index (χ0n) is 14.6. The van der Waals surface area contributed by atoms with E-state index in [1.165, 1.54) is 0 Å². The maximum absolute atomic E-state index is 12.3. The van der Waals surface area contributed by atoms with Crippen LogP contribution in [0, 0.1) is 0 Å². The van der Waals surface area contributed by atoms with Gasteiger partial charge in [0.25, 0.3) is 0 Å². The Morgan fingerprint density at radius 3 is 2.69 bits per heavy atom. The molecule has 0 atom stereocenters. The minimum atomic E-state index is -0.178. The standard InChI is InChI=1S/C20H21BrN2O3/c1-2-26-17-7-3-14(4-8-17)12-22-19(24)13-23-18-9-6-16(21)11-15(18)5-10-20(23)25/h3-4,6-9,11H,2,5,10,12-13H2,1H3,(H,22,24). The number of benzene rings is 2. The number of ether oxygens (including phenoxy) is 1. The van der Waals surface area contributed by atoms with Gasteiger partial charge in [0.1, 0.15) is 12.3 Å². The summed E-state index contributed by atoms with van der Waals surface area (Å²) in [5, 5.41) is 2.88. The van der Waals surface area contributed by atoms with Crippen molar-refractivity contribution in [1.29, 1.82) is 0 Å². The van der Waals surface area contributed by atoms with E-state index in [-0.39, 0.29) is 18.4 Å². The lowest BCUT2D eigenvalue weighted by molar-refractivity contribution is -0.124. The number of nitrogens with zero attached hydrogens (tertiary/aromatic N) is 1. The van der Waals surface area contributed by atoms with E-state index in [9.17, 15) is 9.59 Å². The van der Waals surface area contributed by atoms with Crippen LogP contribution in [0.15, 0.2) is 46.9 Å². The summed E-state index contributed by atoms with van der Waals surface area (Å²) in [6.45, 7) is 3.01. The summed E-state index contributed by atoms with van der Waals surface area (Å²) in [7, 11) is 0. The first-order valence-electron chi connectivity index (χ1n) is 8.64. The summed E-state index contributed by atoms with van der Waals surface area (Å²) in [6, 6.07) is 13.4. The molecule has 3 rings (SSSR count). The molecule has 0 spiro atoms. The first-order chi connectivity index (χ1) is 12.6. The highest BCUT2D eigenvalue weighted by atomic mass is 79.9. The van der Waals surface area contributed by atoms with Gasteiger partial charge in [0, 0.05) is 23.1 Å². The summed E-state index contributed by atoms with van der Waals surface area (Å²) in [5.74, 6) is 0.614. The van der Waals surface area contributed by atoms with Gasteiger partial charge in [0.05, 0.1) is 6.61 Å². The Morgan fingerprint density at radius 1 is 1.19 bits per heavy atom. The normalized spacial score (nSPS) is 13.3. The molecule has 26 heavy (non-hydrogen) atoms. The number of aryl methyl sites for hydroxylation is 1. The zero-order valence-corrected chi connectivity index (χ0v) is 16.2. The molecule has 0 unspecified atom stereocenters. The fourth-order valence-electron chi connectivity index (χ4n) is 2.97. The fourth-order valence-corrected chi connectivity index (χ4v) is 3.38. The van der Waals surface area contributed by atoms with Crippen LogP contribution in [0.1, 0.15) is 24.5 Å². The van der Waals surface area contributed by atoms with Crippen molar-refractivity contribution in [2.24, 2.45) is 0 Å². The van der Waals surface area contributed by atoms with Crippen LogP contribution in [0.3, 0.4) is 0 Å². The van der Waals surface area contributed by atoms with Crippen LogP contribution in [0.25, 0.3) is 0 Å². The fraction of sp³-hybridized carbons (Fsp3) is 0.300. The lowest BCUT2D eigenvalue weighted by atomic mass is 10.0. The zero-order chi connectivity index (χ0) is 18.5. The number of hydrogen-bond acceptors (Lipinski definition) is 3. The number of amides is 2. The van der Waals surface area contributed by atoms with Crippen LogP contribution in [-0.2, 0) is 22.6 Å². The average molecular weight is 417 g/mol. The molecule has 6 heteroatoms. The van der Waals surface area contributed by atoms with E-state index in [1.807, 2.05) is 49.4 Å². The first kappa shape index (κ1) is 18.5. The summed E-state index contributed by atoms with van der Waals surface area (Å²) < 4.78 is 6.38. The van der Waals surface area contributed by atoms with Gasteiger partial charge in [-0.05, 0) is 54.8 Å². The van der Waals surface area contributed by atoms with E-state index >= 15 is 0 Å². The van der Waals surface area contributed by atoms with Crippen molar-refractivity contribution in [3.8, 4) is 5.75 Å². The minimum Gasteiger partial charge on any atom is -0.494 e. The molecule has 2 aromatic carbocycles. The molecule has 0 aliphatic carbocycles. The van der Waals surface area contributed by atoms with E-state index in [0.717, 1.165) is 27.0 Å². The maximum Gasteiger partial charge on any atom is 0.240 e. The van der Waals surface area contributed by atoms with Crippen molar-refractivity contribution in [3.05, 3.63) is 58.1 Å². The molecule has 1 aliphatic rings. The summed E-state index contributed by atoms with van der Waals surface area (Å²) in [5.41, 5.74) is 2.88. The molecule has 0 radical (unpaired) electrons. The second-order valence-electron chi connectivity index (χ2n) is 6.11. The molecule has 1 N–H and O–H groups in total. The number of nitrogens with one attached hydrogen (secondary N) is 1. The molecule has 136 valence electrons. The molecule has 2 aromatic rings. The lowest BCUT2D eigenvalue weighted by Gasteiger charge is -2.29. The van der Waals surface area contributed by atoms with Crippen molar-refractivity contribution in [2.45, 2.75) is 26.3 Å². The summed E-state index contributed by atoms with van der Waals surface area (Å²) in [6.07, 6.45) is 1.13. The number of carbonyl (C=O) groups excluding carboxylic acids is 2. The van der Waals surface area contributed by atoms with E-state index in [1.54, 1.807) is 4.90 Å². The monoisotopic (exact) mass is 416 g/mol. The average Bonchev–Trinajstić information content (AvgIpc) is 2.64. The van der Waals surface area contributed by atoms with Gasteiger partial charge in [0.2, 0.25) is 11.8 Å². The molecule has 2 amide bonds. The Labute approximate surface area is 161 Å². The maximum atomic E-state index is 12.3. The molecule has 0 saturated carbocycles. The summed E-state index contributed by atoms with van der Waals surface area (Å²) >= 11 is 3.45. The molecular formula is C20H21BrN2O3. The molecular weight excluding hydrogens is 396 g/mol. The molecule has 0 fully saturated rings. The van der Waals surface area contributed by atoms with Crippen molar-refractivity contribution >= 4 is 33.4 Å². The van der Waals surface area contributed by atoms with Gasteiger partial charge in [-0.25, -0.2) is 0 Å². The van der Waals surface area contributed by atoms with Crippen molar-refractivity contribution < 1.29 is 14.3 Å². The van der Waals surface area contributed by atoms with Crippen LogP contribution >= 0.6 is 15.9 Å². The topological polar surface area (TPSA) is 58.6 Å². The molecule has 0 bridgehead atoms. The number of hydrogen-bond donors (Lipinski definition) is 1. The second kappa shape index (κ2) is 8.36. The van der Waals surface area contributed by atoms with Gasteiger partial charge in [-0.1, -0.05) is 28.1 Å². The highest BCUT2D eigenvalue weighted by Crippen LogP contribution is 2.30. The molecule has 0 saturated heterocycles. The van der Waals surface area contributed by atoms with Crippen molar-refractivity contribution in [3.63, 3.8) is 0 Å². The van der Waals surface area contributed by atoms with Crippen molar-refractivity contribution in [2.75, 3.05) is 18.1 Å². The van der Waals surface area contributed by atoms with Gasteiger partial charge < -0.3 is 15.0 Å². The van der Waals surface area contributed by atoms with E-state index in [2.05, 4.69) is 21.2 Å². The quantitative estimate of drug-likeness (QED) is 0.784. The second-order valence-corrected chi connectivity index (χ2v) is 7.02. The summed E-state index contributed by atoms with van der Waals surface area (Å²) in [4.78, 5) is 26.2. The Bertz CT molecular complexity index is 805. The molecule has 1 heterocycles. The largest absolute Gasteiger partial charge is 0.494 e. The van der Waals surface area contributed by atoms with Gasteiger partial charge in [-0.15, -0.1) is 0 Å². The SMILES string of the molecule is CCOc1ccc(CNC(=O)CN2C(=O)CCc3cc(Br)ccc32)cc1. The third-order valence-corrected chi connectivity index (χ3v) is 4.76. The van der Waals surface area contributed by atoms with Crippen molar-refractivity contribution in [1.82, 2.24) is 5.32 Å². The van der Waals surface area contributed by atoms with Crippen LogP contribution in [0.2, 0.25) is 0 Å². The first-order valence-corrected chi connectivity index (χ1v) is 9.43. The van der Waals surface area contributed by atoms with E-state index < -0.39 is 0 Å². The Hall–Kier alpha value is -2.34. The third kappa shape index (κ3) is 4.43. The number of halogens is 1. The number of rotatable bonds is 6. The van der Waals surface area contributed by atoms with E-state index in [0.29, 0.717) is 26.0 Å². The predicted molar refractivity (Wildman–Crippen MR) is 104 cm³/mol. The highest BCUT2D eigenvalue weighted by Gasteiger charge is 2.25. The number of fused-ring (bicyclic) bond motifs is 1. The van der Waals surface area contributed by atoms with E-state index in [4.69, 9.17) is 4.74 Å². The number of carbonyl (C=O) groups is 2. The predicted octanol–water partition coefficient (Wildman–Crippen LogP) is 3.44. The Morgan fingerprint density at radius 2 is 1.96 bits per heavy atom. The molecule has 1 aliphatic heterocycles. The minimum absolute atomic E-state index is 0.0176. The molecule has 0 aromatic heterocycles. The van der Waals surface area contributed by atoms with Gasteiger partial charge >= 0.3 is 0 Å². The number of anilines is 1. The van der Waals surface area contributed by atoms with Crippen LogP contribution in [-0.4, -0.2) is 25.0 Å². The smallest absolute Gasteiger partial charge is 0.240 e. The lowest BCUT2D eigenvalue weighted by Crippen LogP contribution is -2.42. The highest BCUT2D eigenvalue weighted by molar-refractivity contribution is 9.10. The van der Waals surface area contributed by atoms with Crippen LogP contribution in [0.5, 0.6) is 5.75 Å². The van der Waals surface area contributed by atoms with Gasteiger partial charge in [0.15, 0.2) is 0 Å². The van der Waals surface area contributed by atoms with Crippen LogP contribution in [0.4, 0.5) is 5.69 Å². The van der Waals surface area contributed by atoms with Gasteiger partial charge in [-0.2, -0.15) is 0 Å². The van der Waals surface area contributed by atoms with Gasteiger partial charge in [-0.3, -0.25) is 9.59 Å². The van der Waals surface area contributed by atoms with Crippen LogP contribution < -0.4 is 15.0 Å². The Balaban J connectivity index is 1.60. The molecule has 5 nitrogen and oxygen atoms in total. The third-order valence-electron chi connectivity index (χ3n) is 4.27.